The molecule has 1 unspecified atom stereocenters. The molecule has 0 saturated carbocycles. The van der Waals surface area contributed by atoms with Crippen LogP contribution < -0.4 is 5.32 Å². The fourth-order valence-electron chi connectivity index (χ4n) is 1.16. The molecule has 16 heavy (non-hydrogen) atoms. The summed E-state index contributed by atoms with van der Waals surface area (Å²) in [6.45, 7) is 2.08. The van der Waals surface area contributed by atoms with Crippen molar-refractivity contribution in [2.45, 2.75) is 22.2 Å². The Hall–Kier alpha value is -0.980. The minimum absolute atomic E-state index is 0.278. The number of nitrogens with zero attached hydrogens (tertiary/aromatic N) is 3. The molecule has 2 aromatic heterocycles. The molecular formula is C10H12N4S2. The summed E-state index contributed by atoms with van der Waals surface area (Å²) >= 11 is 2.98. The van der Waals surface area contributed by atoms with E-state index in [-0.39, 0.29) is 6.04 Å². The molecule has 4 nitrogen and oxygen atoms in total. The second kappa shape index (κ2) is 5.38. The number of hydrogen-bond acceptors (Lipinski definition) is 6. The van der Waals surface area contributed by atoms with E-state index in [9.17, 15) is 0 Å². The number of hydrogen-bond donors (Lipinski definition) is 1. The molecule has 0 bridgehead atoms. The molecule has 0 spiro atoms. The van der Waals surface area contributed by atoms with Gasteiger partial charge < -0.3 is 5.32 Å². The lowest BCUT2D eigenvalue weighted by Gasteiger charge is -2.09. The van der Waals surface area contributed by atoms with Crippen LogP contribution in [0.2, 0.25) is 0 Å². The molecule has 0 amide bonds. The first-order chi connectivity index (χ1) is 7.79. The highest BCUT2D eigenvalue weighted by atomic mass is 32.2. The fourth-order valence-corrected chi connectivity index (χ4v) is 2.55. The van der Waals surface area contributed by atoms with Gasteiger partial charge in [-0.15, -0.1) is 0 Å². The molecule has 0 aliphatic carbocycles. The topological polar surface area (TPSA) is 50.7 Å². The lowest BCUT2D eigenvalue weighted by Crippen LogP contribution is -2.13. The van der Waals surface area contributed by atoms with Crippen LogP contribution in [0.5, 0.6) is 0 Å². The highest BCUT2D eigenvalue weighted by molar-refractivity contribution is 8.01. The molecule has 0 radical (unpaired) electrons. The summed E-state index contributed by atoms with van der Waals surface area (Å²) in [5.41, 5.74) is 1.05. The molecule has 6 heteroatoms. The molecule has 0 aliphatic rings. The minimum Gasteiger partial charge on any atom is -0.312 e. The van der Waals surface area contributed by atoms with E-state index in [0.29, 0.717) is 0 Å². The monoisotopic (exact) mass is 252 g/mol. The number of nitrogens with one attached hydrogen (secondary N) is 1. The number of rotatable bonds is 4. The molecule has 0 saturated heterocycles. The van der Waals surface area contributed by atoms with Gasteiger partial charge in [0.05, 0.1) is 5.69 Å². The highest BCUT2D eigenvalue weighted by Crippen LogP contribution is 2.27. The first-order valence-corrected chi connectivity index (χ1v) is 6.46. The Morgan fingerprint density at radius 1 is 1.38 bits per heavy atom. The van der Waals surface area contributed by atoms with Crippen LogP contribution in [0.3, 0.4) is 0 Å². The second-order valence-electron chi connectivity index (χ2n) is 3.24. The van der Waals surface area contributed by atoms with Gasteiger partial charge in [-0.05, 0) is 37.6 Å². The Labute approximate surface area is 103 Å². The first kappa shape index (κ1) is 11.5. The van der Waals surface area contributed by atoms with E-state index in [1.54, 1.807) is 18.1 Å². The van der Waals surface area contributed by atoms with Crippen LogP contribution in [0.15, 0.2) is 33.9 Å². The molecule has 0 aliphatic heterocycles. The van der Waals surface area contributed by atoms with E-state index in [2.05, 4.69) is 32.6 Å². The SMILES string of the molecule is CNC(C)c1ccc(Sc2ncns2)cn1. The zero-order valence-corrected chi connectivity index (χ0v) is 10.7. The van der Waals surface area contributed by atoms with Crippen molar-refractivity contribution in [1.82, 2.24) is 19.7 Å². The van der Waals surface area contributed by atoms with Crippen molar-refractivity contribution in [3.8, 4) is 0 Å². The smallest absolute Gasteiger partial charge is 0.174 e. The van der Waals surface area contributed by atoms with Crippen LogP contribution in [0, 0.1) is 0 Å². The lowest BCUT2D eigenvalue weighted by atomic mass is 10.2. The van der Waals surface area contributed by atoms with Gasteiger partial charge in [-0.3, -0.25) is 4.98 Å². The van der Waals surface area contributed by atoms with Crippen molar-refractivity contribution in [3.05, 3.63) is 30.4 Å². The molecule has 1 N–H and O–H groups in total. The summed E-state index contributed by atoms with van der Waals surface area (Å²) in [5.74, 6) is 0. The first-order valence-electron chi connectivity index (χ1n) is 4.87. The predicted molar refractivity (Wildman–Crippen MR) is 65.7 cm³/mol. The van der Waals surface area contributed by atoms with Gasteiger partial charge in [-0.25, -0.2) is 4.98 Å². The van der Waals surface area contributed by atoms with Crippen LogP contribution in [-0.4, -0.2) is 21.4 Å². The summed E-state index contributed by atoms with van der Waals surface area (Å²) in [7, 11) is 1.93. The van der Waals surface area contributed by atoms with E-state index < -0.39 is 0 Å². The highest BCUT2D eigenvalue weighted by Gasteiger charge is 2.05. The van der Waals surface area contributed by atoms with Crippen molar-refractivity contribution in [3.63, 3.8) is 0 Å². The third-order valence-electron chi connectivity index (χ3n) is 2.18. The average Bonchev–Trinajstić information content (AvgIpc) is 2.82. The van der Waals surface area contributed by atoms with Gasteiger partial charge in [0.1, 0.15) is 6.33 Å². The largest absolute Gasteiger partial charge is 0.312 e. The zero-order valence-electron chi connectivity index (χ0n) is 9.04. The second-order valence-corrected chi connectivity index (χ2v) is 5.34. The van der Waals surface area contributed by atoms with Crippen LogP contribution in [0.1, 0.15) is 18.7 Å². The zero-order chi connectivity index (χ0) is 11.4. The Bertz CT molecular complexity index is 427. The van der Waals surface area contributed by atoms with Crippen LogP contribution >= 0.6 is 23.3 Å². The molecular weight excluding hydrogens is 240 g/mol. The van der Waals surface area contributed by atoms with Gasteiger partial charge in [-0.2, -0.15) is 4.37 Å². The third kappa shape index (κ3) is 2.78. The molecule has 2 aromatic rings. The molecule has 0 fully saturated rings. The Morgan fingerprint density at radius 3 is 2.81 bits per heavy atom. The van der Waals surface area contributed by atoms with Crippen LogP contribution in [0.25, 0.3) is 0 Å². The normalized spacial score (nSPS) is 12.6. The van der Waals surface area contributed by atoms with Crippen molar-refractivity contribution in [1.29, 1.82) is 0 Å². The Kier molecular flexibility index (Phi) is 3.87. The summed E-state index contributed by atoms with van der Waals surface area (Å²) in [4.78, 5) is 9.61. The summed E-state index contributed by atoms with van der Waals surface area (Å²) in [6.07, 6.45) is 3.44. The summed E-state index contributed by atoms with van der Waals surface area (Å²) in [5, 5.41) is 3.16. The van der Waals surface area contributed by atoms with Gasteiger partial charge >= 0.3 is 0 Å². The van der Waals surface area contributed by atoms with E-state index in [1.165, 1.54) is 11.5 Å². The van der Waals surface area contributed by atoms with E-state index in [0.717, 1.165) is 14.9 Å². The maximum atomic E-state index is 4.40. The standard InChI is InChI=1S/C10H12N4S2/c1-7(11-2)9-4-3-8(5-12-9)15-10-13-6-14-16-10/h3-7,11H,1-2H3. The average molecular weight is 252 g/mol. The van der Waals surface area contributed by atoms with Crippen LogP contribution in [0.4, 0.5) is 0 Å². The fraction of sp³-hybridized carbons (Fsp3) is 0.300. The molecule has 0 aromatic carbocycles. The van der Waals surface area contributed by atoms with Gasteiger partial charge in [-0.1, -0.05) is 11.8 Å². The van der Waals surface area contributed by atoms with Gasteiger partial charge in [0.25, 0.3) is 0 Å². The third-order valence-corrected chi connectivity index (χ3v) is 3.87. The van der Waals surface area contributed by atoms with Crippen molar-refractivity contribution in [2.24, 2.45) is 0 Å². The number of aromatic nitrogens is 3. The molecule has 2 heterocycles. The van der Waals surface area contributed by atoms with Crippen molar-refractivity contribution < 1.29 is 0 Å². The van der Waals surface area contributed by atoms with Gasteiger partial charge in [0, 0.05) is 17.1 Å². The van der Waals surface area contributed by atoms with Crippen LogP contribution in [-0.2, 0) is 0 Å². The molecule has 2 rings (SSSR count). The van der Waals surface area contributed by atoms with Gasteiger partial charge in [0.15, 0.2) is 4.34 Å². The molecule has 1 atom stereocenters. The van der Waals surface area contributed by atoms with E-state index in [1.807, 2.05) is 19.3 Å². The maximum Gasteiger partial charge on any atom is 0.174 e. The maximum absolute atomic E-state index is 4.40. The quantitative estimate of drug-likeness (QED) is 0.905. The van der Waals surface area contributed by atoms with E-state index in [4.69, 9.17) is 0 Å². The van der Waals surface area contributed by atoms with Crippen molar-refractivity contribution in [2.75, 3.05) is 7.05 Å². The minimum atomic E-state index is 0.278. The van der Waals surface area contributed by atoms with Gasteiger partial charge in [0.2, 0.25) is 0 Å². The van der Waals surface area contributed by atoms with Crippen molar-refractivity contribution >= 4 is 23.3 Å². The number of pyridine rings is 1. The predicted octanol–water partition coefficient (Wildman–Crippen LogP) is 2.36. The summed E-state index contributed by atoms with van der Waals surface area (Å²) in [6, 6.07) is 4.37. The summed E-state index contributed by atoms with van der Waals surface area (Å²) < 4.78 is 4.90. The van der Waals surface area contributed by atoms with E-state index >= 15 is 0 Å². The Morgan fingerprint density at radius 2 is 2.25 bits per heavy atom. The molecule has 84 valence electrons. The lowest BCUT2D eigenvalue weighted by molar-refractivity contribution is 0.631. The Balaban J connectivity index is 2.07.